The molecule has 1 amide bonds. The molecule has 1 aliphatic heterocycles. The fourth-order valence-corrected chi connectivity index (χ4v) is 3.49. The van der Waals surface area contributed by atoms with E-state index < -0.39 is 12.5 Å². The third-order valence-electron chi connectivity index (χ3n) is 5.23. The highest BCUT2D eigenvalue weighted by atomic mass is 19.3. The summed E-state index contributed by atoms with van der Waals surface area (Å²) >= 11 is 0. The maximum atomic E-state index is 12.5. The molecule has 0 radical (unpaired) electrons. The number of alkyl halides is 2. The van der Waals surface area contributed by atoms with E-state index in [9.17, 15) is 13.6 Å². The van der Waals surface area contributed by atoms with Gasteiger partial charge >= 0.3 is 6.61 Å². The first-order chi connectivity index (χ1) is 15.0. The van der Waals surface area contributed by atoms with Gasteiger partial charge in [-0.15, -0.1) is 0 Å². The van der Waals surface area contributed by atoms with Crippen molar-refractivity contribution in [2.24, 2.45) is 0 Å². The Morgan fingerprint density at radius 3 is 2.74 bits per heavy atom. The van der Waals surface area contributed by atoms with E-state index >= 15 is 0 Å². The van der Waals surface area contributed by atoms with Crippen LogP contribution in [0.2, 0.25) is 0 Å². The maximum Gasteiger partial charge on any atom is 0.387 e. The molecule has 1 aliphatic rings. The number of nitrogens with zero attached hydrogens (tertiary/aromatic N) is 1. The van der Waals surface area contributed by atoms with E-state index in [-0.39, 0.29) is 17.9 Å². The summed E-state index contributed by atoms with van der Waals surface area (Å²) < 4.78 is 40.8. The van der Waals surface area contributed by atoms with Gasteiger partial charge in [0.15, 0.2) is 0 Å². The largest absolute Gasteiger partial charge is 0.492 e. The molecule has 0 spiro atoms. The fraction of sp³-hybridized carbons (Fsp3) is 0.435. The topological polar surface area (TPSA) is 60.0 Å². The zero-order valence-corrected chi connectivity index (χ0v) is 17.6. The summed E-state index contributed by atoms with van der Waals surface area (Å²) in [6, 6.07) is 13.9. The first-order valence-electron chi connectivity index (χ1n) is 10.3. The van der Waals surface area contributed by atoms with Crippen molar-refractivity contribution in [3.05, 3.63) is 59.7 Å². The average Bonchev–Trinajstić information content (AvgIpc) is 2.78. The standard InChI is InChI=1S/C23H28F2N2O4/c1-27(18-9-12-29-13-10-18)11-14-30-19-6-4-5-17(15-19)16-26-22(28)20-7-2-3-8-21(20)31-23(24)25/h2-8,15,18,23H,9-14,16H2,1H3,(H,26,28). The molecule has 2 aromatic carbocycles. The minimum absolute atomic E-state index is 0.0614. The number of carbonyl (C=O) groups excluding carboxylic acids is 1. The van der Waals surface area contributed by atoms with E-state index in [0.29, 0.717) is 18.4 Å². The van der Waals surface area contributed by atoms with E-state index in [4.69, 9.17) is 9.47 Å². The lowest BCUT2D eigenvalue weighted by molar-refractivity contribution is -0.0501. The third kappa shape index (κ3) is 7.18. The van der Waals surface area contributed by atoms with Gasteiger partial charge < -0.3 is 19.5 Å². The molecular formula is C23H28F2N2O4. The predicted octanol–water partition coefficient (Wildman–Crippen LogP) is 3.71. The molecule has 1 N–H and O–H groups in total. The van der Waals surface area contributed by atoms with Crippen LogP contribution in [0.1, 0.15) is 28.8 Å². The maximum absolute atomic E-state index is 12.5. The summed E-state index contributed by atoms with van der Waals surface area (Å²) in [5.74, 6) is 0.0787. The molecule has 1 fully saturated rings. The Bertz CT molecular complexity index is 844. The quantitative estimate of drug-likeness (QED) is 0.618. The van der Waals surface area contributed by atoms with Crippen molar-refractivity contribution in [3.8, 4) is 11.5 Å². The number of benzene rings is 2. The number of hydrogen-bond acceptors (Lipinski definition) is 5. The monoisotopic (exact) mass is 434 g/mol. The molecular weight excluding hydrogens is 406 g/mol. The second-order valence-corrected chi connectivity index (χ2v) is 7.38. The number of carbonyl (C=O) groups is 1. The van der Waals surface area contributed by atoms with E-state index in [2.05, 4.69) is 22.0 Å². The van der Waals surface area contributed by atoms with Crippen molar-refractivity contribution in [3.63, 3.8) is 0 Å². The number of ether oxygens (including phenoxy) is 3. The lowest BCUT2D eigenvalue weighted by Gasteiger charge is -2.31. The van der Waals surface area contributed by atoms with Crippen LogP contribution >= 0.6 is 0 Å². The molecule has 0 unspecified atom stereocenters. The Balaban J connectivity index is 1.48. The van der Waals surface area contributed by atoms with Crippen molar-refractivity contribution in [1.29, 1.82) is 0 Å². The first-order valence-corrected chi connectivity index (χ1v) is 10.3. The van der Waals surface area contributed by atoms with Crippen molar-refractivity contribution < 1.29 is 27.8 Å². The molecule has 31 heavy (non-hydrogen) atoms. The van der Waals surface area contributed by atoms with E-state index in [1.54, 1.807) is 6.07 Å². The Hall–Kier alpha value is -2.71. The second kappa shape index (κ2) is 11.6. The average molecular weight is 434 g/mol. The highest BCUT2D eigenvalue weighted by Gasteiger charge is 2.18. The number of hydrogen-bond donors (Lipinski definition) is 1. The molecule has 168 valence electrons. The van der Waals surface area contributed by atoms with Gasteiger partial charge in [0.05, 0.1) is 5.56 Å². The molecule has 3 rings (SSSR count). The lowest BCUT2D eigenvalue weighted by atomic mass is 10.1. The summed E-state index contributed by atoms with van der Waals surface area (Å²) in [5.41, 5.74) is 0.905. The summed E-state index contributed by atoms with van der Waals surface area (Å²) in [4.78, 5) is 14.7. The minimum atomic E-state index is -2.99. The second-order valence-electron chi connectivity index (χ2n) is 7.38. The highest BCUT2D eigenvalue weighted by Crippen LogP contribution is 2.20. The van der Waals surface area contributed by atoms with Gasteiger partial charge in [-0.1, -0.05) is 24.3 Å². The Morgan fingerprint density at radius 2 is 1.97 bits per heavy atom. The van der Waals surface area contributed by atoms with Crippen LogP contribution in [0.4, 0.5) is 8.78 Å². The summed E-state index contributed by atoms with van der Waals surface area (Å²) in [5, 5.41) is 2.73. The van der Waals surface area contributed by atoms with Gasteiger partial charge in [0.25, 0.3) is 5.91 Å². The van der Waals surface area contributed by atoms with E-state index in [1.807, 2.05) is 24.3 Å². The van der Waals surface area contributed by atoms with Crippen LogP contribution in [0.15, 0.2) is 48.5 Å². The molecule has 8 heteroatoms. The molecule has 0 atom stereocenters. The number of nitrogens with one attached hydrogen (secondary N) is 1. The van der Waals surface area contributed by atoms with Crippen LogP contribution in [0, 0.1) is 0 Å². The van der Waals surface area contributed by atoms with Crippen LogP contribution in [-0.4, -0.2) is 56.9 Å². The highest BCUT2D eigenvalue weighted by molar-refractivity contribution is 5.96. The van der Waals surface area contributed by atoms with Crippen molar-refractivity contribution >= 4 is 5.91 Å². The molecule has 6 nitrogen and oxygen atoms in total. The number of amides is 1. The zero-order chi connectivity index (χ0) is 22.1. The molecule has 0 bridgehead atoms. The number of para-hydroxylation sites is 1. The minimum Gasteiger partial charge on any atom is -0.492 e. The van der Waals surface area contributed by atoms with Crippen molar-refractivity contribution in [2.45, 2.75) is 32.0 Å². The molecule has 2 aromatic rings. The lowest BCUT2D eigenvalue weighted by Crippen LogP contribution is -2.38. The molecule has 0 saturated carbocycles. The van der Waals surface area contributed by atoms with Gasteiger partial charge in [0.1, 0.15) is 18.1 Å². The summed E-state index contributed by atoms with van der Waals surface area (Å²) in [7, 11) is 2.10. The molecule has 0 aliphatic carbocycles. The predicted molar refractivity (Wildman–Crippen MR) is 113 cm³/mol. The number of rotatable bonds is 10. The van der Waals surface area contributed by atoms with Gasteiger partial charge in [-0.05, 0) is 49.7 Å². The van der Waals surface area contributed by atoms with Crippen molar-refractivity contribution in [1.82, 2.24) is 10.2 Å². The smallest absolute Gasteiger partial charge is 0.387 e. The Morgan fingerprint density at radius 1 is 1.19 bits per heavy atom. The van der Waals surface area contributed by atoms with Gasteiger partial charge in [-0.2, -0.15) is 8.78 Å². The summed E-state index contributed by atoms with van der Waals surface area (Å²) in [6.45, 7) is 0.230. The van der Waals surface area contributed by atoms with Gasteiger partial charge in [0, 0.05) is 32.3 Å². The van der Waals surface area contributed by atoms with Crippen LogP contribution in [0.25, 0.3) is 0 Å². The van der Waals surface area contributed by atoms with Crippen molar-refractivity contribution in [2.75, 3.05) is 33.4 Å². The van der Waals surface area contributed by atoms with Gasteiger partial charge in [0.2, 0.25) is 0 Å². The first kappa shape index (κ1) is 23.0. The fourth-order valence-electron chi connectivity index (χ4n) is 3.49. The summed E-state index contributed by atoms with van der Waals surface area (Å²) in [6.07, 6.45) is 2.08. The SMILES string of the molecule is CN(CCOc1cccc(CNC(=O)c2ccccc2OC(F)F)c1)C1CCOCC1. The van der Waals surface area contributed by atoms with Gasteiger partial charge in [-0.3, -0.25) is 9.69 Å². The third-order valence-corrected chi connectivity index (χ3v) is 5.23. The normalized spacial score (nSPS) is 14.6. The van der Waals surface area contributed by atoms with Crippen LogP contribution < -0.4 is 14.8 Å². The van der Waals surface area contributed by atoms with Crippen LogP contribution in [0.3, 0.4) is 0 Å². The zero-order valence-electron chi connectivity index (χ0n) is 17.6. The molecule has 1 saturated heterocycles. The van der Waals surface area contributed by atoms with Crippen LogP contribution in [-0.2, 0) is 11.3 Å². The molecule has 1 heterocycles. The van der Waals surface area contributed by atoms with E-state index in [1.165, 1.54) is 18.2 Å². The van der Waals surface area contributed by atoms with Crippen LogP contribution in [0.5, 0.6) is 11.5 Å². The Labute approximate surface area is 181 Å². The van der Waals surface area contributed by atoms with Gasteiger partial charge in [-0.25, -0.2) is 0 Å². The number of halogens is 2. The number of likely N-dealkylation sites (N-methyl/N-ethyl adjacent to an activating group) is 1. The Kier molecular flexibility index (Phi) is 8.61. The molecule has 0 aromatic heterocycles. The van der Waals surface area contributed by atoms with E-state index in [0.717, 1.165) is 38.2 Å².